The molecular formula is C26H29F5N8O2. The maximum atomic E-state index is 13.7. The number of halogens is 5. The average molecular weight is 581 g/mol. The lowest BCUT2D eigenvalue weighted by Gasteiger charge is -2.13. The van der Waals surface area contributed by atoms with Gasteiger partial charge in [-0.3, -0.25) is 13.9 Å². The van der Waals surface area contributed by atoms with Crippen LogP contribution in [0.25, 0.3) is 16.9 Å². The molecule has 15 heteroatoms. The number of carbonyl (C=O) groups excluding carboxylic acids is 1. The van der Waals surface area contributed by atoms with Crippen LogP contribution in [0.5, 0.6) is 0 Å². The summed E-state index contributed by atoms with van der Waals surface area (Å²) in [6.45, 7) is 3.77. The molecule has 4 N–H and O–H groups in total. The Morgan fingerprint density at radius 3 is 2.68 bits per heavy atom. The Bertz CT molecular complexity index is 1500. The largest absolute Gasteiger partial charge is 0.435 e. The van der Waals surface area contributed by atoms with Crippen molar-refractivity contribution in [3.63, 3.8) is 0 Å². The molecule has 1 amide bonds. The van der Waals surface area contributed by atoms with Gasteiger partial charge in [-0.1, -0.05) is 6.92 Å². The van der Waals surface area contributed by atoms with Crippen molar-refractivity contribution in [2.75, 3.05) is 25.1 Å². The number of ether oxygens (including phenoxy) is 1. The first kappa shape index (κ1) is 29.9. The summed E-state index contributed by atoms with van der Waals surface area (Å²) in [4.78, 5) is 21.2. The number of amides is 1. The SMILES string of the molecule is CCc1cc(Nc2nccn3c(-c4cn(CC(F)F)nc4C(F)(F)F)cnc23)ccc1C(=O)NCCOC[C@H](C)N. The molecule has 1 aromatic carbocycles. The number of nitrogens with two attached hydrogens (primary N) is 1. The first-order valence-electron chi connectivity index (χ1n) is 12.7. The number of aromatic nitrogens is 5. The molecule has 0 aliphatic carbocycles. The molecule has 41 heavy (non-hydrogen) atoms. The number of benzene rings is 1. The first-order chi connectivity index (χ1) is 19.5. The quantitative estimate of drug-likeness (QED) is 0.169. The van der Waals surface area contributed by atoms with Crippen LogP contribution in [0.15, 0.2) is 43.0 Å². The second-order valence-corrected chi connectivity index (χ2v) is 9.27. The molecule has 3 aromatic heterocycles. The lowest BCUT2D eigenvalue weighted by molar-refractivity contribution is -0.141. The molecule has 0 aliphatic rings. The molecule has 0 saturated heterocycles. The van der Waals surface area contributed by atoms with Crippen molar-refractivity contribution in [2.24, 2.45) is 5.73 Å². The summed E-state index contributed by atoms with van der Waals surface area (Å²) in [5.41, 5.74) is 5.95. The van der Waals surface area contributed by atoms with Crippen LogP contribution >= 0.6 is 0 Å². The highest BCUT2D eigenvalue weighted by Gasteiger charge is 2.38. The van der Waals surface area contributed by atoms with Crippen LogP contribution in [-0.4, -0.2) is 62.3 Å². The standard InChI is InChI=1S/C26H29F5N8O2/c1-3-16-10-17(4-5-18(16)25(40)34-7-9-41-14-15(2)32)36-23-24-35-11-20(39(24)8-6-33-23)19-12-38(13-21(27)28)37-22(19)26(29,30)31/h4-6,8,10-12,15,21H,3,7,9,13-14,32H2,1-2H3,(H,33,36)(H,34,40)/t15-/m0/s1. The van der Waals surface area contributed by atoms with E-state index < -0.39 is 30.4 Å². The molecule has 0 unspecified atom stereocenters. The van der Waals surface area contributed by atoms with Crippen molar-refractivity contribution in [1.82, 2.24) is 29.5 Å². The molecule has 3 heterocycles. The molecule has 0 spiro atoms. The summed E-state index contributed by atoms with van der Waals surface area (Å²) in [7, 11) is 0. The van der Waals surface area contributed by atoms with E-state index in [0.29, 0.717) is 42.1 Å². The van der Waals surface area contributed by atoms with Gasteiger partial charge in [-0.2, -0.15) is 18.3 Å². The molecule has 220 valence electrons. The molecule has 0 saturated carbocycles. The summed E-state index contributed by atoms with van der Waals surface area (Å²) >= 11 is 0. The number of anilines is 2. The van der Waals surface area contributed by atoms with Gasteiger partial charge in [-0.05, 0) is 37.1 Å². The average Bonchev–Trinajstić information content (AvgIpc) is 3.52. The van der Waals surface area contributed by atoms with Gasteiger partial charge < -0.3 is 21.1 Å². The normalized spacial score (nSPS) is 12.7. The van der Waals surface area contributed by atoms with E-state index in [1.54, 1.807) is 18.2 Å². The minimum absolute atomic E-state index is 0.00413. The van der Waals surface area contributed by atoms with E-state index in [0.717, 1.165) is 11.8 Å². The van der Waals surface area contributed by atoms with Crippen molar-refractivity contribution in [3.8, 4) is 11.3 Å². The summed E-state index contributed by atoms with van der Waals surface area (Å²) in [5, 5.41) is 9.25. The van der Waals surface area contributed by atoms with Crippen molar-refractivity contribution < 1.29 is 31.5 Å². The predicted molar refractivity (Wildman–Crippen MR) is 141 cm³/mol. The molecule has 0 radical (unpaired) electrons. The van der Waals surface area contributed by atoms with Crippen LogP contribution in [0, 0.1) is 0 Å². The Kier molecular flexibility index (Phi) is 9.18. The molecule has 10 nitrogen and oxygen atoms in total. The maximum Gasteiger partial charge on any atom is 0.435 e. The Hall–Kier alpha value is -4.11. The van der Waals surface area contributed by atoms with E-state index in [1.807, 2.05) is 13.8 Å². The van der Waals surface area contributed by atoms with Gasteiger partial charge in [0.15, 0.2) is 17.2 Å². The van der Waals surface area contributed by atoms with Gasteiger partial charge >= 0.3 is 6.18 Å². The highest BCUT2D eigenvalue weighted by molar-refractivity contribution is 5.96. The third-order valence-electron chi connectivity index (χ3n) is 5.97. The number of nitrogens with zero attached hydrogens (tertiary/aromatic N) is 5. The topological polar surface area (TPSA) is 124 Å². The first-order valence-corrected chi connectivity index (χ1v) is 12.7. The van der Waals surface area contributed by atoms with Gasteiger partial charge in [0.2, 0.25) is 0 Å². The fourth-order valence-electron chi connectivity index (χ4n) is 4.18. The second kappa shape index (κ2) is 12.6. The van der Waals surface area contributed by atoms with Crippen LogP contribution in [0.2, 0.25) is 0 Å². The molecule has 0 fully saturated rings. The number of aryl methyl sites for hydroxylation is 1. The molecule has 4 rings (SSSR count). The highest BCUT2D eigenvalue weighted by atomic mass is 19.4. The van der Waals surface area contributed by atoms with E-state index in [-0.39, 0.29) is 29.1 Å². The Labute approximate surface area is 231 Å². The van der Waals surface area contributed by atoms with Crippen molar-refractivity contribution in [3.05, 3.63) is 59.8 Å². The van der Waals surface area contributed by atoms with E-state index in [9.17, 15) is 26.7 Å². The number of nitrogens with one attached hydrogen (secondary N) is 2. The van der Waals surface area contributed by atoms with E-state index in [2.05, 4.69) is 25.7 Å². The Morgan fingerprint density at radius 1 is 1.22 bits per heavy atom. The lowest BCUT2D eigenvalue weighted by atomic mass is 10.0. The number of alkyl halides is 5. The Morgan fingerprint density at radius 2 is 2.00 bits per heavy atom. The maximum absolute atomic E-state index is 13.7. The van der Waals surface area contributed by atoms with Crippen molar-refractivity contribution in [2.45, 2.75) is 45.5 Å². The van der Waals surface area contributed by atoms with Gasteiger partial charge in [0.25, 0.3) is 12.3 Å². The van der Waals surface area contributed by atoms with Gasteiger partial charge in [0.05, 0.1) is 30.7 Å². The fourth-order valence-corrected chi connectivity index (χ4v) is 4.18. The van der Waals surface area contributed by atoms with Gasteiger partial charge in [0, 0.05) is 42.4 Å². The number of imidazole rings is 1. The zero-order valence-corrected chi connectivity index (χ0v) is 22.3. The van der Waals surface area contributed by atoms with Gasteiger partial charge in [0.1, 0.15) is 6.54 Å². The molecular weight excluding hydrogens is 551 g/mol. The monoisotopic (exact) mass is 580 g/mol. The number of fused-ring (bicyclic) bond motifs is 1. The third kappa shape index (κ3) is 7.16. The summed E-state index contributed by atoms with van der Waals surface area (Å²) in [6, 6.07) is 5.00. The minimum atomic E-state index is -4.87. The highest BCUT2D eigenvalue weighted by Crippen LogP contribution is 2.37. The fraction of sp³-hybridized carbons (Fsp3) is 0.385. The van der Waals surface area contributed by atoms with Crippen molar-refractivity contribution >= 4 is 23.1 Å². The van der Waals surface area contributed by atoms with E-state index in [1.165, 1.54) is 23.0 Å². The number of hydrogen-bond acceptors (Lipinski definition) is 7. The van der Waals surface area contributed by atoms with Crippen LogP contribution in [0.4, 0.5) is 33.5 Å². The van der Waals surface area contributed by atoms with Gasteiger partial charge in [-0.15, -0.1) is 0 Å². The van der Waals surface area contributed by atoms with Crippen molar-refractivity contribution in [1.29, 1.82) is 0 Å². The Balaban J connectivity index is 1.57. The van der Waals surface area contributed by atoms with E-state index >= 15 is 0 Å². The number of carbonyl (C=O) groups is 1. The van der Waals surface area contributed by atoms with Crippen LogP contribution in [0.1, 0.15) is 35.5 Å². The smallest absolute Gasteiger partial charge is 0.378 e. The lowest BCUT2D eigenvalue weighted by Crippen LogP contribution is -2.30. The third-order valence-corrected chi connectivity index (χ3v) is 5.97. The summed E-state index contributed by atoms with van der Waals surface area (Å²) < 4.78 is 74.1. The van der Waals surface area contributed by atoms with Gasteiger partial charge in [-0.25, -0.2) is 18.7 Å². The summed E-state index contributed by atoms with van der Waals surface area (Å²) in [5.74, 6) is -0.0263. The zero-order valence-electron chi connectivity index (χ0n) is 22.3. The molecule has 0 aliphatic heterocycles. The second-order valence-electron chi connectivity index (χ2n) is 9.27. The molecule has 1 atom stereocenters. The number of rotatable bonds is 12. The minimum Gasteiger partial charge on any atom is -0.378 e. The van der Waals surface area contributed by atoms with Crippen LogP contribution < -0.4 is 16.4 Å². The molecule has 0 bridgehead atoms. The van der Waals surface area contributed by atoms with Crippen LogP contribution in [-0.2, 0) is 23.9 Å². The number of hydrogen-bond donors (Lipinski definition) is 3. The van der Waals surface area contributed by atoms with E-state index in [4.69, 9.17) is 10.5 Å². The van der Waals surface area contributed by atoms with Crippen LogP contribution in [0.3, 0.4) is 0 Å². The predicted octanol–water partition coefficient (Wildman–Crippen LogP) is 4.28. The summed E-state index contributed by atoms with van der Waals surface area (Å²) in [6.07, 6.45) is -2.30. The molecule has 4 aromatic rings. The zero-order chi connectivity index (χ0) is 29.7.